The van der Waals surface area contributed by atoms with Gasteiger partial charge >= 0.3 is 49.4 Å². The Kier molecular flexibility index (Phi) is 15.2. The Morgan fingerprint density at radius 2 is 0.639 bits per heavy atom. The van der Waals surface area contributed by atoms with Crippen LogP contribution in [0, 0.1) is 0 Å². The Labute approximate surface area is 392 Å². The molecule has 388 valence electrons. The normalized spacial score (nSPS) is 13.5. The summed E-state index contributed by atoms with van der Waals surface area (Å²) in [7, 11) is 0. The third kappa shape index (κ3) is 13.1. The van der Waals surface area contributed by atoms with Gasteiger partial charge in [-0.3, -0.25) is 4.79 Å². The monoisotopic (exact) mass is 1080 g/mol. The second kappa shape index (κ2) is 19.3. The molecule has 72 heavy (non-hydrogen) atoms. The van der Waals surface area contributed by atoms with Gasteiger partial charge in [0.25, 0.3) is 0 Å². The number of aromatic nitrogens is 1. The number of thiazole rings is 1. The van der Waals surface area contributed by atoms with Crippen molar-refractivity contribution in [3.05, 3.63) is 170 Å². The molecule has 0 N–H and O–H groups in total. The highest BCUT2D eigenvalue weighted by atomic mass is 32.1. The molecule has 1 aromatic heterocycles. The lowest BCUT2D eigenvalue weighted by Crippen LogP contribution is -2.75. The van der Waals surface area contributed by atoms with E-state index in [1.807, 2.05) is 34.5 Å². The van der Waals surface area contributed by atoms with Gasteiger partial charge in [-0.05, 0) is 24.3 Å². The average Bonchev–Trinajstić information content (AvgIpc) is 3.71. The van der Waals surface area contributed by atoms with Gasteiger partial charge in [0.1, 0.15) is 11.0 Å². The van der Waals surface area contributed by atoms with E-state index in [1.54, 1.807) is 6.92 Å². The lowest BCUT2D eigenvalue weighted by molar-refractivity contribution is -0.683. The fourth-order valence-electron chi connectivity index (χ4n) is 7.46. The summed E-state index contributed by atoms with van der Waals surface area (Å²) in [6.07, 6.45) is -52.9. The van der Waals surface area contributed by atoms with Crippen LogP contribution < -0.4 is 26.4 Å². The van der Waals surface area contributed by atoms with Crippen molar-refractivity contribution in [3.8, 4) is 0 Å². The Morgan fingerprint density at radius 3 is 0.833 bits per heavy atom. The van der Waals surface area contributed by atoms with Gasteiger partial charge in [-0.2, -0.15) is 132 Å². The molecule has 0 spiro atoms. The molecule has 0 saturated heterocycles. The van der Waals surface area contributed by atoms with Crippen molar-refractivity contribution in [2.75, 3.05) is 0 Å². The maximum Gasteiger partial charge on any atom is 0.416 e. The molecule has 1 heterocycles. The summed E-state index contributed by atoms with van der Waals surface area (Å²) in [5, 5.41) is 0. The number of carbonyl (C=O) groups is 1. The van der Waals surface area contributed by atoms with Crippen molar-refractivity contribution >= 4 is 45.1 Å². The molecule has 0 amide bonds. The predicted molar refractivity (Wildman–Crippen MR) is 210 cm³/mol. The third-order valence-corrected chi connectivity index (χ3v) is 11.6. The van der Waals surface area contributed by atoms with Crippen LogP contribution in [0.3, 0.4) is 0 Å². The molecule has 0 saturated carbocycles. The van der Waals surface area contributed by atoms with Gasteiger partial charge in [-0.1, -0.05) is 90.2 Å². The molecule has 5 aromatic carbocycles. The molecule has 2 nitrogen and oxygen atoms in total. The summed E-state index contributed by atoms with van der Waals surface area (Å²) < 4.78 is 343. The first kappa shape index (κ1) is 56.7. The summed E-state index contributed by atoms with van der Waals surface area (Å²) in [6.45, 7) is 2.42. The van der Waals surface area contributed by atoms with Gasteiger partial charge in [0.2, 0.25) is 5.51 Å². The summed E-state index contributed by atoms with van der Waals surface area (Å²) in [6, 6.07) is 1.40. The van der Waals surface area contributed by atoms with E-state index in [1.165, 1.54) is 16.9 Å². The van der Waals surface area contributed by atoms with Crippen molar-refractivity contribution in [3.63, 3.8) is 0 Å². The van der Waals surface area contributed by atoms with E-state index in [2.05, 4.69) is 12.1 Å². The van der Waals surface area contributed by atoms with Crippen molar-refractivity contribution < 1.29 is 115 Å². The summed E-state index contributed by atoms with van der Waals surface area (Å²) >= 11 is 1.49. The second-order valence-electron chi connectivity index (χ2n) is 15.7. The van der Waals surface area contributed by atoms with Crippen LogP contribution in [0.15, 0.2) is 115 Å². The van der Waals surface area contributed by atoms with E-state index >= 15 is 0 Å². The minimum Gasteiger partial charge on any atom is -0.293 e. The molecular formula is C44H24BF24NOS. The molecule has 0 aliphatic heterocycles. The van der Waals surface area contributed by atoms with Crippen LogP contribution in [0.1, 0.15) is 66.7 Å². The smallest absolute Gasteiger partial charge is 0.293 e. The van der Waals surface area contributed by atoms with Gasteiger partial charge in [-0.15, -0.1) is 0 Å². The van der Waals surface area contributed by atoms with Crippen LogP contribution >= 0.6 is 11.3 Å². The van der Waals surface area contributed by atoms with Crippen molar-refractivity contribution in [2.24, 2.45) is 0 Å². The number of benzene rings is 5. The van der Waals surface area contributed by atoms with Crippen molar-refractivity contribution in [1.29, 1.82) is 0 Å². The van der Waals surface area contributed by atoms with Crippen LogP contribution in [-0.4, -0.2) is 11.9 Å². The Bertz CT molecular complexity index is 2480. The second-order valence-corrected chi connectivity index (χ2v) is 16.5. The number of hydrogen-bond donors (Lipinski definition) is 0. The molecule has 0 bridgehead atoms. The molecule has 28 heteroatoms. The standard InChI is InChI=1S/C32H12BF24.C12H12NOS/c34-25(35,36)13-1-14(26(37,38)39)6-21(5-13)33(22-7-15(27(40,41)42)2-16(8-22)28(43,44)45,23-9-17(29(46,47)48)3-18(10-23)30(49,50)51)24-11-19(31(52,53)54)4-20(12-24)32(55,56)57;1-10(14)12-8-13(9-15-12)7-11-5-3-2-4-6-11/h1-12H;2-6,8-9H,7H2,1H3/q-1;+1. The molecule has 0 fully saturated rings. The first-order valence-corrected chi connectivity index (χ1v) is 20.3. The number of hydrogen-bond acceptors (Lipinski definition) is 2. The molecule has 0 unspecified atom stereocenters. The van der Waals surface area contributed by atoms with Gasteiger partial charge in [-0.25, -0.2) is 0 Å². The van der Waals surface area contributed by atoms with Crippen LogP contribution in [-0.2, 0) is 56.0 Å². The van der Waals surface area contributed by atoms with E-state index in [-0.39, 0.29) is 5.78 Å². The molecular weight excluding hydrogens is 1060 g/mol. The highest BCUT2D eigenvalue weighted by Gasteiger charge is 2.47. The quantitative estimate of drug-likeness (QED) is 0.0675. The molecule has 6 rings (SSSR count). The predicted octanol–water partition coefficient (Wildman–Crippen LogP) is 13.5. The summed E-state index contributed by atoms with van der Waals surface area (Å²) in [5.41, 5.74) is -27.0. The molecule has 0 radical (unpaired) electrons. The van der Waals surface area contributed by atoms with Gasteiger partial charge in [0.15, 0.2) is 18.5 Å². The largest absolute Gasteiger partial charge is 0.416 e. The zero-order chi connectivity index (χ0) is 54.6. The maximum absolute atomic E-state index is 14.2. The van der Waals surface area contributed by atoms with Crippen LogP contribution in [0.5, 0.6) is 0 Å². The molecule has 0 aliphatic rings. The molecule has 0 atom stereocenters. The fraction of sp³-hybridized carbons (Fsp3) is 0.227. The van der Waals surface area contributed by atoms with Crippen molar-refractivity contribution in [1.82, 2.24) is 0 Å². The van der Waals surface area contributed by atoms with E-state index in [9.17, 15) is 110 Å². The number of alkyl halides is 24. The Morgan fingerprint density at radius 1 is 0.403 bits per heavy atom. The zero-order valence-corrected chi connectivity index (χ0v) is 35.9. The minimum atomic E-state index is -6.13. The number of ketones is 1. The van der Waals surface area contributed by atoms with Gasteiger partial charge in [0, 0.05) is 12.5 Å². The lowest BCUT2D eigenvalue weighted by atomic mass is 9.12. The van der Waals surface area contributed by atoms with Crippen LogP contribution in [0.25, 0.3) is 0 Å². The highest BCUT2D eigenvalue weighted by Crippen LogP contribution is 2.41. The van der Waals surface area contributed by atoms with Crippen molar-refractivity contribution in [2.45, 2.75) is 62.9 Å². The minimum absolute atomic E-state index is 0.131. The topological polar surface area (TPSA) is 20.9 Å². The SMILES string of the molecule is CC(=O)c1c[n+](Cc2ccccc2)cs1.FC(F)(F)c1cc([B-](c2cc(C(F)(F)F)cc(C(F)(F)F)c2)(c2cc(C(F)(F)F)cc(C(F)(F)F)c2)c2cc(C(F)(F)F)cc(C(F)(F)F)c2)cc(C(F)(F)F)c1. The Balaban J connectivity index is 0.000000542. The van der Waals surface area contributed by atoms with Gasteiger partial charge < -0.3 is 0 Å². The van der Waals surface area contributed by atoms with Crippen LogP contribution in [0.4, 0.5) is 105 Å². The summed E-state index contributed by atoms with van der Waals surface area (Å²) in [5.74, 6) is 0.131. The number of carbonyl (C=O) groups excluding carboxylic acids is 1. The molecule has 6 aromatic rings. The van der Waals surface area contributed by atoms with Crippen LogP contribution in [0.2, 0.25) is 0 Å². The zero-order valence-electron chi connectivity index (χ0n) is 35.1. The highest BCUT2D eigenvalue weighted by molar-refractivity contribution is 7.20. The van der Waals surface area contributed by atoms with E-state index < -0.39 is 195 Å². The first-order chi connectivity index (χ1) is 32.5. The van der Waals surface area contributed by atoms with E-state index in [0.29, 0.717) is 0 Å². The third-order valence-electron chi connectivity index (χ3n) is 10.6. The Hall–Kier alpha value is -6.22. The fourth-order valence-corrected chi connectivity index (χ4v) is 8.20. The average molecular weight is 1080 g/mol. The van der Waals surface area contributed by atoms with Gasteiger partial charge in [0.05, 0.1) is 44.5 Å². The van der Waals surface area contributed by atoms with E-state index in [4.69, 9.17) is 0 Å². The van der Waals surface area contributed by atoms with E-state index in [0.717, 1.165) is 11.4 Å². The molecule has 0 aliphatic carbocycles. The number of rotatable bonds is 7. The lowest BCUT2D eigenvalue weighted by Gasteiger charge is -2.46. The number of Topliss-reactive ketones (excluding diaryl/α,β-unsaturated/α-hetero) is 1. The number of halogens is 24. The first-order valence-electron chi connectivity index (χ1n) is 19.4. The summed E-state index contributed by atoms with van der Waals surface area (Å²) in [4.78, 5) is 11.9. The number of nitrogens with zero attached hydrogens (tertiary/aromatic N) is 1. The maximum atomic E-state index is 14.2.